The molecule has 0 saturated carbocycles. The van der Waals surface area contributed by atoms with E-state index >= 15 is 0 Å². The molecule has 1 fully saturated rings. The van der Waals surface area contributed by atoms with Crippen molar-refractivity contribution in [1.29, 1.82) is 0 Å². The zero-order valence-electron chi connectivity index (χ0n) is 13.6. The summed E-state index contributed by atoms with van der Waals surface area (Å²) < 4.78 is 27.1. The highest BCUT2D eigenvalue weighted by Crippen LogP contribution is 2.22. The van der Waals surface area contributed by atoms with Gasteiger partial charge in [-0.2, -0.15) is 4.31 Å². The molecule has 0 N–H and O–H groups in total. The van der Waals surface area contributed by atoms with E-state index in [9.17, 15) is 8.42 Å². The highest BCUT2D eigenvalue weighted by atomic mass is 32.2. The molecule has 1 heterocycles. The number of hydrogen-bond donors (Lipinski definition) is 0. The minimum atomic E-state index is -3.39. The molecule has 2 aromatic rings. The van der Waals surface area contributed by atoms with E-state index < -0.39 is 10.0 Å². The Labute approximate surface area is 138 Å². The third kappa shape index (κ3) is 3.41. The fourth-order valence-electron chi connectivity index (χ4n) is 2.87. The van der Waals surface area contributed by atoms with E-state index in [1.165, 1.54) is 5.56 Å². The van der Waals surface area contributed by atoms with Crippen molar-refractivity contribution in [3.05, 3.63) is 59.7 Å². The van der Waals surface area contributed by atoms with Crippen LogP contribution in [0.15, 0.2) is 53.4 Å². The van der Waals surface area contributed by atoms with Crippen LogP contribution in [0.2, 0.25) is 0 Å². The number of aryl methyl sites for hydroxylation is 2. The molecule has 3 rings (SSSR count). The zero-order valence-corrected chi connectivity index (χ0v) is 14.4. The molecule has 5 heteroatoms. The topological polar surface area (TPSA) is 40.6 Å². The molecule has 122 valence electrons. The highest BCUT2D eigenvalue weighted by Gasteiger charge is 2.28. The normalized spacial score (nSPS) is 16.5. The monoisotopic (exact) mass is 330 g/mol. The first kappa shape index (κ1) is 16.0. The molecule has 0 spiro atoms. The van der Waals surface area contributed by atoms with Gasteiger partial charge in [-0.3, -0.25) is 0 Å². The van der Waals surface area contributed by atoms with Crippen molar-refractivity contribution in [1.82, 2.24) is 4.31 Å². The van der Waals surface area contributed by atoms with Gasteiger partial charge in [-0.05, 0) is 43.7 Å². The predicted octanol–water partition coefficient (Wildman–Crippen LogP) is 2.81. The smallest absolute Gasteiger partial charge is 0.243 e. The Morgan fingerprint density at radius 3 is 2.09 bits per heavy atom. The lowest BCUT2D eigenvalue weighted by Gasteiger charge is -2.35. The fourth-order valence-corrected chi connectivity index (χ4v) is 4.39. The number of hydrogen-bond acceptors (Lipinski definition) is 3. The van der Waals surface area contributed by atoms with Gasteiger partial charge in [0.2, 0.25) is 10.0 Å². The minimum absolute atomic E-state index is 0.390. The van der Waals surface area contributed by atoms with Gasteiger partial charge in [-0.1, -0.05) is 29.8 Å². The van der Waals surface area contributed by atoms with Gasteiger partial charge in [0.1, 0.15) is 0 Å². The number of rotatable bonds is 3. The summed E-state index contributed by atoms with van der Waals surface area (Å²) in [5.41, 5.74) is 3.35. The van der Waals surface area contributed by atoms with Gasteiger partial charge in [0.25, 0.3) is 0 Å². The summed E-state index contributed by atoms with van der Waals surface area (Å²) in [5, 5.41) is 0. The van der Waals surface area contributed by atoms with Crippen molar-refractivity contribution in [2.45, 2.75) is 18.7 Å². The van der Waals surface area contributed by atoms with E-state index in [1.807, 2.05) is 13.0 Å². The average Bonchev–Trinajstić information content (AvgIpc) is 2.56. The van der Waals surface area contributed by atoms with E-state index in [0.717, 1.165) is 11.3 Å². The van der Waals surface area contributed by atoms with E-state index in [1.54, 1.807) is 22.5 Å². The Hall–Kier alpha value is -1.85. The zero-order chi connectivity index (χ0) is 16.4. The molecule has 0 aromatic heterocycles. The molecule has 0 radical (unpaired) electrons. The van der Waals surface area contributed by atoms with Crippen LogP contribution in [0.1, 0.15) is 11.1 Å². The number of nitrogens with zero attached hydrogens (tertiary/aromatic N) is 2. The van der Waals surface area contributed by atoms with Crippen LogP contribution in [0.25, 0.3) is 0 Å². The van der Waals surface area contributed by atoms with Crippen molar-refractivity contribution in [3.8, 4) is 0 Å². The van der Waals surface area contributed by atoms with Gasteiger partial charge in [-0.25, -0.2) is 8.42 Å². The van der Waals surface area contributed by atoms with E-state index in [0.29, 0.717) is 31.1 Å². The van der Waals surface area contributed by atoms with Crippen molar-refractivity contribution < 1.29 is 8.42 Å². The van der Waals surface area contributed by atoms with Crippen LogP contribution in [0, 0.1) is 13.8 Å². The molecule has 1 saturated heterocycles. The number of piperazine rings is 1. The summed E-state index contributed by atoms with van der Waals surface area (Å²) in [6.07, 6.45) is 0. The Kier molecular flexibility index (Phi) is 4.41. The number of benzene rings is 2. The molecule has 0 unspecified atom stereocenters. The average molecular weight is 330 g/mol. The van der Waals surface area contributed by atoms with Crippen molar-refractivity contribution >= 4 is 15.7 Å². The summed E-state index contributed by atoms with van der Waals surface area (Å²) in [6.45, 7) is 6.45. The van der Waals surface area contributed by atoms with Crippen LogP contribution in [0.4, 0.5) is 5.69 Å². The maximum Gasteiger partial charge on any atom is 0.243 e. The number of sulfonamides is 1. The summed E-state index contributed by atoms with van der Waals surface area (Å²) >= 11 is 0. The van der Waals surface area contributed by atoms with Crippen molar-refractivity contribution in [2.75, 3.05) is 31.1 Å². The molecular formula is C18H22N2O2S. The van der Waals surface area contributed by atoms with Gasteiger partial charge in [0.15, 0.2) is 0 Å². The van der Waals surface area contributed by atoms with E-state index in [4.69, 9.17) is 0 Å². The van der Waals surface area contributed by atoms with E-state index in [-0.39, 0.29) is 0 Å². The second kappa shape index (κ2) is 6.34. The lowest BCUT2D eigenvalue weighted by molar-refractivity contribution is 0.385. The highest BCUT2D eigenvalue weighted by molar-refractivity contribution is 7.89. The van der Waals surface area contributed by atoms with Gasteiger partial charge in [-0.15, -0.1) is 0 Å². The third-order valence-corrected chi connectivity index (χ3v) is 6.16. The van der Waals surface area contributed by atoms with Crippen LogP contribution >= 0.6 is 0 Å². The standard InChI is InChI=1S/C18H22N2O2S/c1-15-6-8-17(9-7-15)19-10-12-20(13-11-19)23(21,22)18-5-3-4-16(2)14-18/h3-9,14H,10-13H2,1-2H3. The first-order valence-electron chi connectivity index (χ1n) is 7.85. The largest absolute Gasteiger partial charge is 0.369 e. The molecule has 4 nitrogen and oxygen atoms in total. The summed E-state index contributed by atoms with van der Waals surface area (Å²) in [4.78, 5) is 2.63. The molecular weight excluding hydrogens is 308 g/mol. The second-order valence-electron chi connectivity index (χ2n) is 6.04. The molecule has 0 aliphatic carbocycles. The number of anilines is 1. The maximum absolute atomic E-state index is 12.7. The van der Waals surface area contributed by atoms with Gasteiger partial charge in [0.05, 0.1) is 4.90 Å². The molecule has 1 aliphatic rings. The van der Waals surface area contributed by atoms with Crippen LogP contribution in [-0.2, 0) is 10.0 Å². The SMILES string of the molecule is Cc1ccc(N2CCN(S(=O)(=O)c3cccc(C)c3)CC2)cc1. The summed E-state index contributed by atoms with van der Waals surface area (Å²) in [7, 11) is -3.39. The second-order valence-corrected chi connectivity index (χ2v) is 7.98. The molecule has 23 heavy (non-hydrogen) atoms. The van der Waals surface area contributed by atoms with E-state index in [2.05, 4.69) is 36.1 Å². The van der Waals surface area contributed by atoms with Gasteiger partial charge >= 0.3 is 0 Å². The van der Waals surface area contributed by atoms with Gasteiger partial charge in [0, 0.05) is 31.9 Å². The van der Waals surface area contributed by atoms with Crippen LogP contribution in [-0.4, -0.2) is 38.9 Å². The minimum Gasteiger partial charge on any atom is -0.369 e. The summed E-state index contributed by atoms with van der Waals surface area (Å²) in [6, 6.07) is 15.5. The first-order chi connectivity index (χ1) is 11.0. The molecule has 2 aromatic carbocycles. The Morgan fingerprint density at radius 1 is 0.826 bits per heavy atom. The molecule has 0 atom stereocenters. The Balaban J connectivity index is 1.72. The maximum atomic E-state index is 12.7. The lowest BCUT2D eigenvalue weighted by Crippen LogP contribution is -2.48. The predicted molar refractivity (Wildman–Crippen MR) is 93.3 cm³/mol. The molecule has 0 bridgehead atoms. The fraction of sp³-hybridized carbons (Fsp3) is 0.333. The van der Waals surface area contributed by atoms with Crippen molar-refractivity contribution in [3.63, 3.8) is 0 Å². The quantitative estimate of drug-likeness (QED) is 0.869. The first-order valence-corrected chi connectivity index (χ1v) is 9.29. The third-order valence-electron chi connectivity index (χ3n) is 4.27. The van der Waals surface area contributed by atoms with Gasteiger partial charge < -0.3 is 4.90 Å². The molecule has 1 aliphatic heterocycles. The van der Waals surface area contributed by atoms with Crippen molar-refractivity contribution in [2.24, 2.45) is 0 Å². The van der Waals surface area contributed by atoms with Crippen LogP contribution in [0.3, 0.4) is 0 Å². The Morgan fingerprint density at radius 2 is 1.48 bits per heavy atom. The van der Waals surface area contributed by atoms with Crippen LogP contribution in [0.5, 0.6) is 0 Å². The summed E-state index contributed by atoms with van der Waals surface area (Å²) in [5.74, 6) is 0. The lowest BCUT2D eigenvalue weighted by atomic mass is 10.2. The van der Waals surface area contributed by atoms with Crippen LogP contribution < -0.4 is 4.90 Å². The Bertz CT molecular complexity index is 777. The molecule has 0 amide bonds.